The number of nitro benzene ring substituents is 1. The summed E-state index contributed by atoms with van der Waals surface area (Å²) in [5.74, 6) is -0.0553. The summed E-state index contributed by atoms with van der Waals surface area (Å²) in [4.78, 5) is 35.3. The zero-order valence-corrected chi connectivity index (χ0v) is 17.0. The Morgan fingerprint density at radius 3 is 2.48 bits per heavy atom. The van der Waals surface area contributed by atoms with Crippen molar-refractivity contribution in [1.82, 2.24) is 0 Å². The molecular formula is C23H15ClN2O5. The SMILES string of the molecule is Cc1ccc2oc(-c3ccc(C(=O)Nc4ccc(Cl)c([N+](=O)[O-])c4)cc3)cc(=O)c2c1. The van der Waals surface area contributed by atoms with E-state index in [0.29, 0.717) is 27.9 Å². The lowest BCUT2D eigenvalue weighted by atomic mass is 10.1. The van der Waals surface area contributed by atoms with E-state index >= 15 is 0 Å². The minimum Gasteiger partial charge on any atom is -0.456 e. The van der Waals surface area contributed by atoms with E-state index in [1.54, 1.807) is 36.4 Å². The number of benzene rings is 3. The molecule has 8 heteroatoms. The molecule has 0 saturated carbocycles. The summed E-state index contributed by atoms with van der Waals surface area (Å²) in [6.07, 6.45) is 0. The van der Waals surface area contributed by atoms with Gasteiger partial charge in [0.05, 0.1) is 10.3 Å². The van der Waals surface area contributed by atoms with Crippen LogP contribution in [0.25, 0.3) is 22.3 Å². The minimum atomic E-state index is -0.620. The Balaban J connectivity index is 1.58. The summed E-state index contributed by atoms with van der Waals surface area (Å²) in [7, 11) is 0. The van der Waals surface area contributed by atoms with Crippen molar-refractivity contribution in [2.45, 2.75) is 6.92 Å². The fourth-order valence-corrected chi connectivity index (χ4v) is 3.32. The quantitative estimate of drug-likeness (QED) is 0.333. The van der Waals surface area contributed by atoms with Crippen LogP contribution in [-0.2, 0) is 0 Å². The highest BCUT2D eigenvalue weighted by atomic mass is 35.5. The number of fused-ring (bicyclic) bond motifs is 1. The van der Waals surface area contributed by atoms with Crippen molar-refractivity contribution < 1.29 is 14.1 Å². The highest BCUT2D eigenvalue weighted by molar-refractivity contribution is 6.32. The van der Waals surface area contributed by atoms with Crippen LogP contribution < -0.4 is 10.7 Å². The van der Waals surface area contributed by atoms with Crippen LogP contribution in [0.5, 0.6) is 0 Å². The van der Waals surface area contributed by atoms with Gasteiger partial charge in [-0.25, -0.2) is 0 Å². The van der Waals surface area contributed by atoms with E-state index < -0.39 is 10.8 Å². The Morgan fingerprint density at radius 1 is 1.03 bits per heavy atom. The number of halogens is 1. The van der Waals surface area contributed by atoms with Gasteiger partial charge in [-0.05, 0) is 43.3 Å². The van der Waals surface area contributed by atoms with E-state index in [-0.39, 0.29) is 21.8 Å². The van der Waals surface area contributed by atoms with Crippen molar-refractivity contribution in [3.63, 3.8) is 0 Å². The predicted molar refractivity (Wildman–Crippen MR) is 119 cm³/mol. The smallest absolute Gasteiger partial charge is 0.289 e. The molecule has 1 N–H and O–H groups in total. The van der Waals surface area contributed by atoms with Gasteiger partial charge in [-0.3, -0.25) is 19.7 Å². The Bertz CT molecular complexity index is 1390. The van der Waals surface area contributed by atoms with Crippen LogP contribution in [0.4, 0.5) is 11.4 Å². The second-order valence-electron chi connectivity index (χ2n) is 6.93. The van der Waals surface area contributed by atoms with Crippen molar-refractivity contribution in [1.29, 1.82) is 0 Å². The summed E-state index contributed by atoms with van der Waals surface area (Å²) in [6, 6.07) is 17.3. The second kappa shape index (κ2) is 8.04. The number of anilines is 1. The van der Waals surface area contributed by atoms with E-state index in [0.717, 1.165) is 5.56 Å². The molecule has 0 bridgehead atoms. The maximum absolute atomic E-state index is 12.5. The number of hydrogen-bond donors (Lipinski definition) is 1. The molecule has 3 aromatic carbocycles. The van der Waals surface area contributed by atoms with E-state index in [1.165, 1.54) is 24.3 Å². The van der Waals surface area contributed by atoms with Crippen LogP contribution in [-0.4, -0.2) is 10.8 Å². The van der Waals surface area contributed by atoms with Crippen LogP contribution >= 0.6 is 11.6 Å². The van der Waals surface area contributed by atoms with Crippen molar-refractivity contribution in [3.05, 3.63) is 103 Å². The first kappa shape index (κ1) is 20.3. The standard InChI is InChI=1S/C23H15ClN2O5/c1-13-2-9-21-17(10-13)20(27)12-22(31-21)14-3-5-15(6-4-14)23(28)25-16-7-8-18(24)19(11-16)26(29)30/h2-12H,1H3,(H,25,28). The van der Waals surface area contributed by atoms with Crippen molar-refractivity contribution in [2.24, 2.45) is 0 Å². The van der Waals surface area contributed by atoms with Crippen molar-refractivity contribution >= 4 is 39.9 Å². The Hall–Kier alpha value is -3.97. The van der Waals surface area contributed by atoms with Gasteiger partial charge in [0, 0.05) is 28.9 Å². The second-order valence-corrected chi connectivity index (χ2v) is 7.34. The molecule has 1 amide bonds. The number of amides is 1. The zero-order chi connectivity index (χ0) is 22.1. The number of hydrogen-bond acceptors (Lipinski definition) is 5. The Labute approximate surface area is 181 Å². The van der Waals surface area contributed by atoms with E-state index in [2.05, 4.69) is 5.32 Å². The van der Waals surface area contributed by atoms with Gasteiger partial charge in [-0.1, -0.05) is 35.4 Å². The molecule has 4 aromatic rings. The molecule has 7 nitrogen and oxygen atoms in total. The summed E-state index contributed by atoms with van der Waals surface area (Å²) >= 11 is 5.79. The molecule has 0 fully saturated rings. The van der Waals surface area contributed by atoms with Gasteiger partial charge >= 0.3 is 0 Å². The summed E-state index contributed by atoms with van der Waals surface area (Å²) in [5, 5.41) is 14.1. The lowest BCUT2D eigenvalue weighted by molar-refractivity contribution is -0.384. The average Bonchev–Trinajstić information content (AvgIpc) is 2.75. The summed E-state index contributed by atoms with van der Waals surface area (Å²) < 4.78 is 5.85. The maximum Gasteiger partial charge on any atom is 0.289 e. The molecule has 154 valence electrons. The Kier molecular flexibility index (Phi) is 5.27. The first-order chi connectivity index (χ1) is 14.8. The fourth-order valence-electron chi connectivity index (χ4n) is 3.13. The molecule has 4 rings (SSSR count). The Morgan fingerprint density at radius 2 is 1.77 bits per heavy atom. The number of nitro groups is 1. The monoisotopic (exact) mass is 434 g/mol. The molecule has 0 spiro atoms. The number of rotatable bonds is 4. The molecule has 1 heterocycles. The van der Waals surface area contributed by atoms with Crippen LogP contribution in [0, 0.1) is 17.0 Å². The van der Waals surface area contributed by atoms with Gasteiger partial charge in [0.2, 0.25) is 0 Å². The topological polar surface area (TPSA) is 102 Å². The van der Waals surface area contributed by atoms with Crippen LogP contribution in [0.2, 0.25) is 5.02 Å². The minimum absolute atomic E-state index is 0.0145. The average molecular weight is 435 g/mol. The first-order valence-electron chi connectivity index (χ1n) is 9.22. The molecule has 1 aromatic heterocycles. The molecule has 0 radical (unpaired) electrons. The first-order valence-corrected chi connectivity index (χ1v) is 9.60. The summed E-state index contributed by atoms with van der Waals surface area (Å²) in [6.45, 7) is 1.90. The van der Waals surface area contributed by atoms with Crippen molar-refractivity contribution in [2.75, 3.05) is 5.32 Å². The predicted octanol–water partition coefficient (Wildman–Crippen LogP) is 5.58. The molecule has 0 atom stereocenters. The van der Waals surface area contributed by atoms with Crippen LogP contribution in [0.3, 0.4) is 0 Å². The van der Waals surface area contributed by atoms with Crippen LogP contribution in [0.15, 0.2) is 75.9 Å². The third kappa shape index (κ3) is 4.17. The van der Waals surface area contributed by atoms with Gasteiger partial charge in [0.15, 0.2) is 5.43 Å². The van der Waals surface area contributed by atoms with E-state index in [1.807, 2.05) is 13.0 Å². The molecule has 0 aliphatic carbocycles. The van der Waals surface area contributed by atoms with Gasteiger partial charge in [0.25, 0.3) is 11.6 Å². The van der Waals surface area contributed by atoms with Gasteiger partial charge in [-0.15, -0.1) is 0 Å². The zero-order valence-electron chi connectivity index (χ0n) is 16.2. The molecule has 0 saturated heterocycles. The highest BCUT2D eigenvalue weighted by Gasteiger charge is 2.15. The highest BCUT2D eigenvalue weighted by Crippen LogP contribution is 2.28. The number of aryl methyl sites for hydroxylation is 1. The third-order valence-corrected chi connectivity index (χ3v) is 5.03. The largest absolute Gasteiger partial charge is 0.456 e. The maximum atomic E-state index is 12.5. The molecule has 0 unspecified atom stereocenters. The fraction of sp³-hybridized carbons (Fsp3) is 0.0435. The number of carbonyl (C=O) groups is 1. The third-order valence-electron chi connectivity index (χ3n) is 4.71. The van der Waals surface area contributed by atoms with E-state index in [4.69, 9.17) is 16.0 Å². The molecular weight excluding hydrogens is 420 g/mol. The number of nitrogens with zero attached hydrogens (tertiary/aromatic N) is 1. The van der Waals surface area contributed by atoms with Gasteiger partial charge in [0.1, 0.15) is 16.4 Å². The van der Waals surface area contributed by atoms with E-state index in [9.17, 15) is 19.7 Å². The summed E-state index contributed by atoms with van der Waals surface area (Å²) in [5.41, 5.74) is 2.23. The van der Waals surface area contributed by atoms with Gasteiger partial charge < -0.3 is 9.73 Å². The van der Waals surface area contributed by atoms with Crippen LogP contribution in [0.1, 0.15) is 15.9 Å². The normalized spacial score (nSPS) is 10.8. The lowest BCUT2D eigenvalue weighted by Gasteiger charge is -2.07. The van der Waals surface area contributed by atoms with Gasteiger partial charge in [-0.2, -0.15) is 0 Å². The molecule has 0 aliphatic heterocycles. The van der Waals surface area contributed by atoms with Crippen molar-refractivity contribution in [3.8, 4) is 11.3 Å². The number of nitrogens with one attached hydrogen (secondary N) is 1. The number of carbonyl (C=O) groups excluding carboxylic acids is 1. The molecule has 31 heavy (non-hydrogen) atoms. The lowest BCUT2D eigenvalue weighted by Crippen LogP contribution is -2.12. The molecule has 0 aliphatic rings.